The summed E-state index contributed by atoms with van der Waals surface area (Å²) in [4.78, 5) is 12.3. The third-order valence-electron chi connectivity index (χ3n) is 3.07. The fraction of sp³-hybridized carbons (Fsp3) is 0.533. The molecule has 1 aromatic carbocycles. The minimum absolute atomic E-state index is 0.0383. The quantitative estimate of drug-likeness (QED) is 0.591. The molecule has 1 amide bonds. The van der Waals surface area contributed by atoms with Crippen molar-refractivity contribution in [3.05, 3.63) is 29.3 Å². The second-order valence-corrected chi connectivity index (χ2v) is 7.81. The molecule has 1 rings (SSSR count). The fourth-order valence-electron chi connectivity index (χ4n) is 1.78. The molecule has 23 heavy (non-hydrogen) atoms. The van der Waals surface area contributed by atoms with Gasteiger partial charge in [0, 0.05) is 31.3 Å². The summed E-state index contributed by atoms with van der Waals surface area (Å²) in [5, 5.41) is 2.71. The van der Waals surface area contributed by atoms with Crippen LogP contribution in [-0.2, 0) is 14.8 Å². The van der Waals surface area contributed by atoms with Crippen molar-refractivity contribution in [2.24, 2.45) is 5.73 Å². The molecule has 4 N–H and O–H groups in total. The summed E-state index contributed by atoms with van der Waals surface area (Å²) >= 11 is 0. The van der Waals surface area contributed by atoms with Crippen molar-refractivity contribution in [3.63, 3.8) is 0 Å². The lowest BCUT2D eigenvalue weighted by Crippen LogP contribution is -2.45. The summed E-state index contributed by atoms with van der Waals surface area (Å²) in [7, 11) is -2.20. The van der Waals surface area contributed by atoms with Crippen LogP contribution in [0, 0.1) is 6.92 Å². The van der Waals surface area contributed by atoms with Crippen LogP contribution in [-0.4, -0.2) is 46.7 Å². The van der Waals surface area contributed by atoms with Crippen LogP contribution in [0.3, 0.4) is 0 Å². The fourth-order valence-corrected chi connectivity index (χ4v) is 2.82. The van der Waals surface area contributed by atoms with Crippen LogP contribution in [0.2, 0.25) is 0 Å². The molecule has 0 saturated heterocycles. The van der Waals surface area contributed by atoms with Crippen LogP contribution in [0.25, 0.3) is 0 Å². The minimum Gasteiger partial charge on any atom is -0.383 e. The zero-order valence-corrected chi connectivity index (χ0v) is 14.8. The first-order chi connectivity index (χ1) is 10.6. The Bertz CT molecular complexity index is 651. The molecule has 0 aromatic heterocycles. The second-order valence-electron chi connectivity index (χ2n) is 6.04. The van der Waals surface area contributed by atoms with Crippen LogP contribution in [0.15, 0.2) is 23.1 Å². The van der Waals surface area contributed by atoms with E-state index in [-0.39, 0.29) is 30.5 Å². The van der Waals surface area contributed by atoms with Gasteiger partial charge in [0.15, 0.2) is 0 Å². The van der Waals surface area contributed by atoms with Crippen LogP contribution < -0.4 is 15.8 Å². The van der Waals surface area contributed by atoms with Gasteiger partial charge in [-0.15, -0.1) is 0 Å². The maximum atomic E-state index is 12.2. The number of carbonyl (C=O) groups excluding carboxylic acids is 1. The number of nitrogens with two attached hydrogens (primary N) is 1. The number of nitrogens with one attached hydrogen (secondary N) is 2. The molecule has 0 heterocycles. The van der Waals surface area contributed by atoms with E-state index in [0.717, 1.165) is 0 Å². The molecule has 0 fully saturated rings. The molecule has 8 heteroatoms. The predicted octanol–water partition coefficient (Wildman–Crippen LogP) is 0.387. The monoisotopic (exact) mass is 343 g/mol. The summed E-state index contributed by atoms with van der Waals surface area (Å²) in [6, 6.07) is 4.44. The lowest BCUT2D eigenvalue weighted by atomic mass is 10.1. The number of methoxy groups -OCH3 is 1. The average Bonchev–Trinajstić information content (AvgIpc) is 2.44. The topological polar surface area (TPSA) is 111 Å². The van der Waals surface area contributed by atoms with Crippen molar-refractivity contribution in [1.82, 2.24) is 10.0 Å². The van der Waals surface area contributed by atoms with Gasteiger partial charge < -0.3 is 15.8 Å². The van der Waals surface area contributed by atoms with Crippen molar-refractivity contribution in [2.75, 3.05) is 26.8 Å². The van der Waals surface area contributed by atoms with E-state index in [1.54, 1.807) is 26.8 Å². The van der Waals surface area contributed by atoms with Gasteiger partial charge >= 0.3 is 0 Å². The molecule has 0 bridgehead atoms. The van der Waals surface area contributed by atoms with E-state index in [1.165, 1.54) is 19.2 Å². The highest BCUT2D eigenvalue weighted by Gasteiger charge is 2.19. The van der Waals surface area contributed by atoms with Gasteiger partial charge in [-0.05, 0) is 38.5 Å². The van der Waals surface area contributed by atoms with Crippen molar-refractivity contribution in [3.8, 4) is 0 Å². The maximum absolute atomic E-state index is 12.2. The number of aryl methyl sites for hydroxylation is 1. The van der Waals surface area contributed by atoms with Gasteiger partial charge in [-0.2, -0.15) is 0 Å². The first-order valence-electron chi connectivity index (χ1n) is 7.23. The Hall–Kier alpha value is -1.48. The molecular formula is C15H25N3O4S. The molecule has 130 valence electrons. The van der Waals surface area contributed by atoms with Gasteiger partial charge in [0.1, 0.15) is 0 Å². The third-order valence-corrected chi connectivity index (χ3v) is 4.53. The number of hydrogen-bond donors (Lipinski definition) is 3. The van der Waals surface area contributed by atoms with Gasteiger partial charge in [0.05, 0.1) is 11.5 Å². The number of ether oxygens (including phenoxy) is 1. The van der Waals surface area contributed by atoms with Gasteiger partial charge in [-0.25, -0.2) is 13.1 Å². The van der Waals surface area contributed by atoms with Gasteiger partial charge in [0.2, 0.25) is 10.0 Å². The molecule has 0 spiro atoms. The Morgan fingerprint density at radius 3 is 2.57 bits per heavy atom. The van der Waals surface area contributed by atoms with Crippen LogP contribution >= 0.6 is 0 Å². The molecule has 0 saturated carbocycles. The van der Waals surface area contributed by atoms with E-state index in [2.05, 4.69) is 10.0 Å². The molecule has 1 aromatic rings. The van der Waals surface area contributed by atoms with Gasteiger partial charge in [-0.1, -0.05) is 6.07 Å². The minimum atomic E-state index is -3.68. The van der Waals surface area contributed by atoms with Gasteiger partial charge in [-0.3, -0.25) is 4.79 Å². The highest BCUT2D eigenvalue weighted by Crippen LogP contribution is 2.15. The van der Waals surface area contributed by atoms with Crippen LogP contribution in [0.1, 0.15) is 29.8 Å². The molecule has 0 aliphatic carbocycles. The van der Waals surface area contributed by atoms with Crippen LogP contribution in [0.5, 0.6) is 0 Å². The number of rotatable bonds is 8. The molecule has 0 radical (unpaired) electrons. The summed E-state index contributed by atoms with van der Waals surface area (Å²) in [6.45, 7) is 6.05. The Morgan fingerprint density at radius 2 is 2.00 bits per heavy atom. The highest BCUT2D eigenvalue weighted by atomic mass is 32.2. The molecule has 0 unspecified atom stereocenters. The highest BCUT2D eigenvalue weighted by molar-refractivity contribution is 7.89. The Morgan fingerprint density at radius 1 is 1.35 bits per heavy atom. The summed E-state index contributed by atoms with van der Waals surface area (Å²) in [6.07, 6.45) is 0. The van der Waals surface area contributed by atoms with Crippen molar-refractivity contribution >= 4 is 15.9 Å². The Labute approximate surface area is 137 Å². The van der Waals surface area contributed by atoms with Crippen molar-refractivity contribution in [1.29, 1.82) is 0 Å². The number of hydrogen-bond acceptors (Lipinski definition) is 5. The first kappa shape index (κ1) is 19.6. The summed E-state index contributed by atoms with van der Waals surface area (Å²) < 4.78 is 31.6. The molecular weight excluding hydrogens is 318 g/mol. The zero-order chi connectivity index (χ0) is 17.7. The third kappa shape index (κ3) is 6.26. The lowest BCUT2D eigenvalue weighted by Gasteiger charge is -2.19. The normalized spacial score (nSPS) is 12.2. The van der Waals surface area contributed by atoms with E-state index < -0.39 is 15.6 Å². The average molecular weight is 343 g/mol. The Kier molecular flexibility index (Phi) is 6.69. The first-order valence-corrected chi connectivity index (χ1v) is 8.71. The lowest BCUT2D eigenvalue weighted by molar-refractivity contribution is 0.0945. The summed E-state index contributed by atoms with van der Waals surface area (Å²) in [5.41, 5.74) is 6.29. The van der Waals surface area contributed by atoms with E-state index in [0.29, 0.717) is 11.1 Å². The van der Waals surface area contributed by atoms with Crippen LogP contribution in [0.4, 0.5) is 0 Å². The van der Waals surface area contributed by atoms with Crippen molar-refractivity contribution in [2.45, 2.75) is 31.2 Å². The number of amides is 1. The zero-order valence-electron chi connectivity index (χ0n) is 14.0. The molecule has 7 nitrogen and oxygen atoms in total. The molecule has 0 atom stereocenters. The number of benzene rings is 1. The van der Waals surface area contributed by atoms with E-state index in [1.807, 2.05) is 0 Å². The summed E-state index contributed by atoms with van der Waals surface area (Å²) in [5.74, 6) is -0.352. The van der Waals surface area contributed by atoms with Gasteiger partial charge in [0.25, 0.3) is 5.91 Å². The number of carbonyl (C=O) groups is 1. The predicted molar refractivity (Wildman–Crippen MR) is 88.8 cm³/mol. The Balaban J connectivity index is 2.97. The molecule has 0 aliphatic rings. The second kappa shape index (κ2) is 7.87. The van der Waals surface area contributed by atoms with E-state index in [4.69, 9.17) is 10.5 Å². The maximum Gasteiger partial charge on any atom is 0.251 e. The molecule has 0 aliphatic heterocycles. The smallest absolute Gasteiger partial charge is 0.251 e. The van der Waals surface area contributed by atoms with Crippen molar-refractivity contribution < 1.29 is 17.9 Å². The largest absolute Gasteiger partial charge is 0.383 e. The van der Waals surface area contributed by atoms with E-state index >= 15 is 0 Å². The standard InChI is InChI=1S/C15H25N3O4S/c1-11-5-6-12(23(20,21)18-7-8-22-4)9-13(11)14(19)17-10-15(2,3)16/h5-6,9,18H,7-8,10,16H2,1-4H3,(H,17,19). The SMILES string of the molecule is COCCNS(=O)(=O)c1ccc(C)c(C(=O)NCC(C)(C)N)c1. The number of sulfonamides is 1. The van der Waals surface area contributed by atoms with E-state index in [9.17, 15) is 13.2 Å².